The first-order valence-electron chi connectivity index (χ1n) is 6.13. The molecule has 0 fully saturated rings. The molecule has 3 aromatic rings. The monoisotopic (exact) mass is 268 g/mol. The number of carboxylic acid groups (broad SMARTS) is 1. The van der Waals surface area contributed by atoms with E-state index in [9.17, 15) is 9.90 Å². The van der Waals surface area contributed by atoms with Crippen molar-refractivity contribution in [1.82, 2.24) is 10.1 Å². The van der Waals surface area contributed by atoms with E-state index in [-0.39, 0.29) is 5.56 Å². The molecule has 3 rings (SSSR count). The minimum atomic E-state index is -0.965. The Bertz CT molecular complexity index is 802. The van der Waals surface area contributed by atoms with Crippen molar-refractivity contribution in [3.8, 4) is 11.1 Å². The first-order chi connectivity index (χ1) is 9.58. The smallest absolute Gasteiger partial charge is 0.336 e. The van der Waals surface area contributed by atoms with E-state index in [1.54, 1.807) is 0 Å². The summed E-state index contributed by atoms with van der Waals surface area (Å²) in [4.78, 5) is 15.5. The molecule has 0 bridgehead atoms. The zero-order valence-electron chi connectivity index (χ0n) is 11.0. The van der Waals surface area contributed by atoms with Crippen LogP contribution in [0.4, 0.5) is 0 Å². The molecule has 0 aliphatic carbocycles. The Morgan fingerprint density at radius 2 is 2.05 bits per heavy atom. The summed E-state index contributed by atoms with van der Waals surface area (Å²) in [5, 5.41) is 13.8. The number of fused-ring (bicyclic) bond motifs is 1. The second kappa shape index (κ2) is 4.45. The van der Waals surface area contributed by atoms with Gasteiger partial charge in [-0.25, -0.2) is 4.79 Å². The lowest BCUT2D eigenvalue weighted by Gasteiger charge is -2.05. The lowest BCUT2D eigenvalue weighted by molar-refractivity contribution is 0.0699. The SMILES string of the molecule is Cc1noc(C)c1-c1ccc2nccc(C(=O)O)c2c1. The third-order valence-corrected chi connectivity index (χ3v) is 3.29. The van der Waals surface area contributed by atoms with Gasteiger partial charge in [0.15, 0.2) is 0 Å². The molecule has 0 saturated heterocycles. The van der Waals surface area contributed by atoms with Crippen molar-refractivity contribution in [2.45, 2.75) is 13.8 Å². The zero-order valence-corrected chi connectivity index (χ0v) is 11.0. The van der Waals surface area contributed by atoms with Crippen LogP contribution in [0.15, 0.2) is 35.0 Å². The van der Waals surface area contributed by atoms with Gasteiger partial charge in [-0.15, -0.1) is 0 Å². The molecular formula is C15H12N2O3. The van der Waals surface area contributed by atoms with Crippen molar-refractivity contribution in [3.63, 3.8) is 0 Å². The Labute approximate surface area is 114 Å². The number of carbonyl (C=O) groups is 1. The fourth-order valence-electron chi connectivity index (χ4n) is 2.38. The molecule has 0 aliphatic rings. The summed E-state index contributed by atoms with van der Waals surface area (Å²) in [7, 11) is 0. The number of hydrogen-bond donors (Lipinski definition) is 1. The van der Waals surface area contributed by atoms with Crippen LogP contribution in [0.1, 0.15) is 21.8 Å². The third kappa shape index (κ3) is 1.84. The molecule has 0 amide bonds. The Balaban J connectivity index is 2.30. The largest absolute Gasteiger partial charge is 0.478 e. The third-order valence-electron chi connectivity index (χ3n) is 3.29. The van der Waals surface area contributed by atoms with E-state index in [1.165, 1.54) is 12.3 Å². The molecule has 2 heterocycles. The highest BCUT2D eigenvalue weighted by atomic mass is 16.5. The van der Waals surface area contributed by atoms with Gasteiger partial charge in [0.1, 0.15) is 5.76 Å². The van der Waals surface area contributed by atoms with Crippen molar-refractivity contribution < 1.29 is 14.4 Å². The van der Waals surface area contributed by atoms with Gasteiger partial charge >= 0.3 is 5.97 Å². The van der Waals surface area contributed by atoms with Crippen molar-refractivity contribution in [1.29, 1.82) is 0 Å². The van der Waals surface area contributed by atoms with Gasteiger partial charge in [0.2, 0.25) is 0 Å². The first kappa shape index (κ1) is 12.3. The Morgan fingerprint density at radius 1 is 1.25 bits per heavy atom. The Kier molecular flexibility index (Phi) is 2.75. The first-order valence-corrected chi connectivity index (χ1v) is 6.13. The van der Waals surface area contributed by atoms with Gasteiger partial charge in [0, 0.05) is 17.1 Å². The van der Waals surface area contributed by atoms with Crippen molar-refractivity contribution >= 4 is 16.9 Å². The van der Waals surface area contributed by atoms with Crippen LogP contribution in [-0.2, 0) is 0 Å². The Morgan fingerprint density at radius 3 is 2.70 bits per heavy atom. The van der Waals surface area contributed by atoms with E-state index in [1.807, 2.05) is 32.0 Å². The summed E-state index contributed by atoms with van der Waals surface area (Å²) in [5.41, 5.74) is 3.45. The number of hydrogen-bond acceptors (Lipinski definition) is 4. The van der Waals surface area contributed by atoms with E-state index >= 15 is 0 Å². The van der Waals surface area contributed by atoms with Gasteiger partial charge in [-0.1, -0.05) is 11.2 Å². The molecule has 0 atom stereocenters. The number of aromatic nitrogens is 2. The molecule has 1 N–H and O–H groups in total. The maximum Gasteiger partial charge on any atom is 0.336 e. The van der Waals surface area contributed by atoms with E-state index in [4.69, 9.17) is 4.52 Å². The average Bonchev–Trinajstić information content (AvgIpc) is 2.77. The van der Waals surface area contributed by atoms with Crippen LogP contribution >= 0.6 is 0 Å². The molecule has 0 spiro atoms. The van der Waals surface area contributed by atoms with Gasteiger partial charge in [-0.2, -0.15) is 0 Å². The summed E-state index contributed by atoms with van der Waals surface area (Å²) in [6, 6.07) is 7.02. The minimum absolute atomic E-state index is 0.239. The van der Waals surface area contributed by atoms with E-state index < -0.39 is 5.97 Å². The lowest BCUT2D eigenvalue weighted by Crippen LogP contribution is -1.98. The summed E-state index contributed by atoms with van der Waals surface area (Å²) < 4.78 is 5.16. The maximum absolute atomic E-state index is 11.3. The van der Waals surface area contributed by atoms with E-state index in [2.05, 4.69) is 10.1 Å². The predicted molar refractivity (Wildman–Crippen MR) is 73.7 cm³/mol. The lowest BCUT2D eigenvalue weighted by atomic mass is 10.00. The number of carboxylic acids is 1. The van der Waals surface area contributed by atoms with Gasteiger partial charge < -0.3 is 9.63 Å². The van der Waals surface area contributed by atoms with Crippen LogP contribution in [0, 0.1) is 13.8 Å². The number of nitrogens with zero attached hydrogens (tertiary/aromatic N) is 2. The normalized spacial score (nSPS) is 10.9. The molecule has 20 heavy (non-hydrogen) atoms. The summed E-state index contributed by atoms with van der Waals surface area (Å²) >= 11 is 0. The topological polar surface area (TPSA) is 76.2 Å². The van der Waals surface area contributed by atoms with Crippen LogP contribution in [0.2, 0.25) is 0 Å². The summed E-state index contributed by atoms with van der Waals surface area (Å²) in [6.07, 6.45) is 1.50. The fraction of sp³-hybridized carbons (Fsp3) is 0.133. The minimum Gasteiger partial charge on any atom is -0.478 e. The number of benzene rings is 1. The van der Waals surface area contributed by atoms with Crippen LogP contribution in [0.3, 0.4) is 0 Å². The van der Waals surface area contributed by atoms with Crippen LogP contribution in [0.25, 0.3) is 22.0 Å². The average molecular weight is 268 g/mol. The Hall–Kier alpha value is -2.69. The van der Waals surface area contributed by atoms with Gasteiger partial charge in [0.25, 0.3) is 0 Å². The van der Waals surface area contributed by atoms with E-state index in [0.29, 0.717) is 16.7 Å². The zero-order chi connectivity index (χ0) is 14.3. The molecule has 0 unspecified atom stereocenters. The predicted octanol–water partition coefficient (Wildman–Crippen LogP) is 3.20. The summed E-state index contributed by atoms with van der Waals surface area (Å²) in [5.74, 6) is -0.254. The van der Waals surface area contributed by atoms with Crippen LogP contribution in [-0.4, -0.2) is 21.2 Å². The molecule has 5 heteroatoms. The van der Waals surface area contributed by atoms with E-state index in [0.717, 1.165) is 16.8 Å². The highest BCUT2D eigenvalue weighted by Crippen LogP contribution is 2.30. The molecule has 0 radical (unpaired) electrons. The molecular weight excluding hydrogens is 256 g/mol. The van der Waals surface area contributed by atoms with Gasteiger partial charge in [-0.05, 0) is 37.6 Å². The second-order valence-electron chi connectivity index (χ2n) is 4.59. The molecule has 5 nitrogen and oxygen atoms in total. The number of pyridine rings is 1. The number of aryl methyl sites for hydroxylation is 2. The molecule has 2 aromatic heterocycles. The van der Waals surface area contributed by atoms with Crippen molar-refractivity contribution in [3.05, 3.63) is 47.5 Å². The number of rotatable bonds is 2. The van der Waals surface area contributed by atoms with Gasteiger partial charge in [0.05, 0.1) is 16.8 Å². The quantitative estimate of drug-likeness (QED) is 0.772. The maximum atomic E-state index is 11.3. The fourth-order valence-corrected chi connectivity index (χ4v) is 2.38. The second-order valence-corrected chi connectivity index (χ2v) is 4.59. The molecule has 0 aliphatic heterocycles. The standard InChI is InChI=1S/C15H12N2O3/c1-8-14(9(2)20-17-8)10-3-4-13-12(7-10)11(15(18)19)5-6-16-13/h3-7H,1-2H3,(H,18,19). The van der Waals surface area contributed by atoms with Crippen molar-refractivity contribution in [2.75, 3.05) is 0 Å². The van der Waals surface area contributed by atoms with Gasteiger partial charge in [-0.3, -0.25) is 4.98 Å². The van der Waals surface area contributed by atoms with Crippen molar-refractivity contribution in [2.24, 2.45) is 0 Å². The molecule has 0 saturated carbocycles. The highest BCUT2D eigenvalue weighted by Gasteiger charge is 2.14. The highest BCUT2D eigenvalue weighted by molar-refractivity contribution is 6.03. The summed E-state index contributed by atoms with van der Waals surface area (Å²) in [6.45, 7) is 3.69. The molecule has 100 valence electrons. The molecule has 1 aromatic carbocycles. The number of aromatic carboxylic acids is 1. The van der Waals surface area contributed by atoms with Crippen LogP contribution in [0.5, 0.6) is 0 Å². The van der Waals surface area contributed by atoms with Crippen LogP contribution < -0.4 is 0 Å².